The number of amides is 2. The number of hydrogen-bond donors (Lipinski definition) is 2. The highest BCUT2D eigenvalue weighted by atomic mass is 16.5. The van der Waals surface area contributed by atoms with E-state index in [2.05, 4.69) is 15.4 Å². The van der Waals surface area contributed by atoms with Gasteiger partial charge in [-0.2, -0.15) is 0 Å². The van der Waals surface area contributed by atoms with Crippen LogP contribution in [0.5, 0.6) is 11.5 Å². The number of rotatable bonds is 8. The lowest BCUT2D eigenvalue weighted by Crippen LogP contribution is -2.39. The molecule has 0 unspecified atom stereocenters. The fourth-order valence-corrected chi connectivity index (χ4v) is 1.75. The fourth-order valence-electron chi connectivity index (χ4n) is 1.75. The van der Waals surface area contributed by atoms with Crippen LogP contribution in [0.2, 0.25) is 0 Å². The van der Waals surface area contributed by atoms with Gasteiger partial charge in [-0.15, -0.1) is 0 Å². The second kappa shape index (κ2) is 9.49. The van der Waals surface area contributed by atoms with Gasteiger partial charge in [0, 0.05) is 6.54 Å². The molecule has 0 aliphatic rings. The third kappa shape index (κ3) is 5.90. The Balaban J connectivity index is 2.41. The number of nitrogens with one attached hydrogen (secondary N) is 2. The van der Waals surface area contributed by atoms with E-state index in [0.717, 1.165) is 5.56 Å². The SMILES string of the molecule is CCOc1ccc(CCNC(=O)NCC(=O)OC)cc1OC. The number of esters is 1. The van der Waals surface area contributed by atoms with E-state index in [-0.39, 0.29) is 6.54 Å². The van der Waals surface area contributed by atoms with Crippen LogP contribution in [0, 0.1) is 0 Å². The molecule has 0 radical (unpaired) electrons. The standard InChI is InChI=1S/C15H22N2O5/c1-4-22-12-6-5-11(9-13(12)20-2)7-8-16-15(19)17-10-14(18)21-3/h5-6,9H,4,7-8,10H2,1-3H3,(H2,16,17,19). The van der Waals surface area contributed by atoms with Crippen molar-refractivity contribution in [2.75, 3.05) is 33.9 Å². The Labute approximate surface area is 129 Å². The quantitative estimate of drug-likeness (QED) is 0.703. The molecule has 0 aliphatic carbocycles. The zero-order valence-corrected chi connectivity index (χ0v) is 13.1. The molecule has 0 spiro atoms. The first-order valence-corrected chi connectivity index (χ1v) is 6.99. The van der Waals surface area contributed by atoms with Crippen molar-refractivity contribution in [1.29, 1.82) is 0 Å². The molecule has 0 fully saturated rings. The number of carbonyl (C=O) groups excluding carboxylic acids is 2. The van der Waals surface area contributed by atoms with E-state index in [1.54, 1.807) is 7.11 Å². The van der Waals surface area contributed by atoms with Gasteiger partial charge in [0.2, 0.25) is 0 Å². The van der Waals surface area contributed by atoms with Crippen molar-refractivity contribution in [1.82, 2.24) is 10.6 Å². The monoisotopic (exact) mass is 310 g/mol. The highest BCUT2D eigenvalue weighted by Gasteiger charge is 2.07. The zero-order chi connectivity index (χ0) is 16.4. The van der Waals surface area contributed by atoms with Gasteiger partial charge in [0.15, 0.2) is 11.5 Å². The molecule has 1 aromatic rings. The van der Waals surface area contributed by atoms with Crippen LogP contribution in [0.1, 0.15) is 12.5 Å². The fraction of sp³-hybridized carbons (Fsp3) is 0.467. The lowest BCUT2D eigenvalue weighted by molar-refractivity contribution is -0.139. The minimum Gasteiger partial charge on any atom is -0.493 e. The maximum atomic E-state index is 11.4. The van der Waals surface area contributed by atoms with Crippen LogP contribution in [-0.4, -0.2) is 45.9 Å². The van der Waals surface area contributed by atoms with Gasteiger partial charge in [-0.3, -0.25) is 4.79 Å². The highest BCUT2D eigenvalue weighted by Crippen LogP contribution is 2.28. The van der Waals surface area contributed by atoms with Gasteiger partial charge in [-0.25, -0.2) is 4.79 Å². The molecule has 122 valence electrons. The summed E-state index contributed by atoms with van der Waals surface area (Å²) in [7, 11) is 2.85. The molecule has 0 aliphatic heterocycles. The van der Waals surface area contributed by atoms with Crippen molar-refractivity contribution in [2.45, 2.75) is 13.3 Å². The molecule has 0 heterocycles. The van der Waals surface area contributed by atoms with E-state index in [9.17, 15) is 9.59 Å². The number of urea groups is 1. The van der Waals surface area contributed by atoms with E-state index in [0.29, 0.717) is 31.1 Å². The van der Waals surface area contributed by atoms with E-state index in [4.69, 9.17) is 9.47 Å². The Morgan fingerprint density at radius 2 is 1.91 bits per heavy atom. The molecular formula is C15H22N2O5. The van der Waals surface area contributed by atoms with E-state index < -0.39 is 12.0 Å². The van der Waals surface area contributed by atoms with Crippen LogP contribution in [-0.2, 0) is 16.0 Å². The second-order valence-electron chi connectivity index (χ2n) is 4.35. The largest absolute Gasteiger partial charge is 0.493 e. The van der Waals surface area contributed by atoms with Crippen LogP contribution in [0.25, 0.3) is 0 Å². The number of hydrogen-bond acceptors (Lipinski definition) is 5. The predicted molar refractivity (Wildman–Crippen MR) is 81.3 cm³/mol. The van der Waals surface area contributed by atoms with Crippen LogP contribution in [0.15, 0.2) is 18.2 Å². The summed E-state index contributed by atoms with van der Waals surface area (Å²) in [5.41, 5.74) is 1.01. The Bertz CT molecular complexity index is 505. The third-order valence-corrected chi connectivity index (χ3v) is 2.85. The normalized spacial score (nSPS) is 9.77. The minimum atomic E-state index is -0.494. The molecule has 0 saturated carbocycles. The van der Waals surface area contributed by atoms with Crippen LogP contribution in [0.3, 0.4) is 0 Å². The van der Waals surface area contributed by atoms with Gasteiger partial charge in [-0.1, -0.05) is 6.07 Å². The van der Waals surface area contributed by atoms with Crippen molar-refractivity contribution < 1.29 is 23.8 Å². The first-order chi connectivity index (χ1) is 10.6. The van der Waals surface area contributed by atoms with E-state index in [1.807, 2.05) is 25.1 Å². The van der Waals surface area contributed by atoms with Crippen molar-refractivity contribution >= 4 is 12.0 Å². The number of carbonyl (C=O) groups is 2. The predicted octanol–water partition coefficient (Wildman–Crippen LogP) is 1.11. The number of methoxy groups -OCH3 is 2. The van der Waals surface area contributed by atoms with Crippen molar-refractivity contribution in [2.24, 2.45) is 0 Å². The second-order valence-corrected chi connectivity index (χ2v) is 4.35. The van der Waals surface area contributed by atoms with E-state index >= 15 is 0 Å². The van der Waals surface area contributed by atoms with Crippen LogP contribution >= 0.6 is 0 Å². The Hall–Kier alpha value is -2.44. The summed E-state index contributed by atoms with van der Waals surface area (Å²) in [6.07, 6.45) is 0.633. The summed E-state index contributed by atoms with van der Waals surface area (Å²) in [5.74, 6) is 0.860. The molecule has 22 heavy (non-hydrogen) atoms. The van der Waals surface area contributed by atoms with Crippen molar-refractivity contribution in [3.05, 3.63) is 23.8 Å². The van der Waals surface area contributed by atoms with Gasteiger partial charge in [0.25, 0.3) is 0 Å². The van der Waals surface area contributed by atoms with E-state index in [1.165, 1.54) is 7.11 Å². The lowest BCUT2D eigenvalue weighted by Gasteiger charge is -2.11. The molecular weight excluding hydrogens is 288 g/mol. The molecule has 2 N–H and O–H groups in total. The van der Waals surface area contributed by atoms with Gasteiger partial charge in [0.05, 0.1) is 20.8 Å². The van der Waals surface area contributed by atoms with Crippen molar-refractivity contribution in [3.8, 4) is 11.5 Å². The maximum Gasteiger partial charge on any atom is 0.325 e. The molecule has 2 amide bonds. The molecule has 7 nitrogen and oxygen atoms in total. The summed E-state index contributed by atoms with van der Waals surface area (Å²) >= 11 is 0. The van der Waals surface area contributed by atoms with Gasteiger partial charge in [-0.05, 0) is 31.0 Å². The van der Waals surface area contributed by atoms with Crippen LogP contribution < -0.4 is 20.1 Å². The first-order valence-electron chi connectivity index (χ1n) is 6.99. The summed E-state index contributed by atoms with van der Waals surface area (Å²) in [6.45, 7) is 2.76. The topological polar surface area (TPSA) is 85.9 Å². The van der Waals surface area contributed by atoms with Gasteiger partial charge in [0.1, 0.15) is 6.54 Å². The Kier molecular flexibility index (Phi) is 7.60. The average Bonchev–Trinajstić information content (AvgIpc) is 2.54. The molecule has 0 aromatic heterocycles. The number of benzene rings is 1. The van der Waals surface area contributed by atoms with Crippen molar-refractivity contribution in [3.63, 3.8) is 0 Å². The molecule has 1 aromatic carbocycles. The molecule has 0 bridgehead atoms. The van der Waals surface area contributed by atoms with Gasteiger partial charge < -0.3 is 24.8 Å². The number of ether oxygens (including phenoxy) is 3. The summed E-state index contributed by atoms with van der Waals surface area (Å²) < 4.78 is 15.1. The summed E-state index contributed by atoms with van der Waals surface area (Å²) in [5, 5.41) is 5.06. The minimum absolute atomic E-state index is 0.154. The third-order valence-electron chi connectivity index (χ3n) is 2.85. The molecule has 0 saturated heterocycles. The van der Waals surface area contributed by atoms with Crippen LogP contribution in [0.4, 0.5) is 4.79 Å². The molecule has 7 heteroatoms. The zero-order valence-electron chi connectivity index (χ0n) is 13.1. The Morgan fingerprint density at radius 1 is 1.14 bits per heavy atom. The molecule has 1 rings (SSSR count). The lowest BCUT2D eigenvalue weighted by atomic mass is 10.1. The first kappa shape index (κ1) is 17.6. The summed E-state index contributed by atoms with van der Waals surface area (Å²) in [4.78, 5) is 22.3. The summed E-state index contributed by atoms with van der Waals surface area (Å²) in [6, 6.07) is 5.22. The maximum absolute atomic E-state index is 11.4. The van der Waals surface area contributed by atoms with Gasteiger partial charge >= 0.3 is 12.0 Å². The molecule has 0 atom stereocenters. The highest BCUT2D eigenvalue weighted by molar-refractivity contribution is 5.80. The average molecular weight is 310 g/mol. The Morgan fingerprint density at radius 3 is 2.55 bits per heavy atom. The smallest absolute Gasteiger partial charge is 0.325 e.